The molecule has 1 nitrogen and oxygen atoms in total. The third-order valence-electron chi connectivity index (χ3n) is 7.63. The molecule has 0 spiro atoms. The van der Waals surface area contributed by atoms with Gasteiger partial charge in [0.05, 0.1) is 0 Å². The minimum absolute atomic E-state index is 0.0261. The monoisotopic (exact) mass is 609 g/mol. The topological polar surface area (TPSA) is 3.24 Å². The highest BCUT2D eigenvalue weighted by molar-refractivity contribution is 7.38. The van der Waals surface area contributed by atoms with Gasteiger partial charge in [-0.05, 0) is 40.3 Å². The van der Waals surface area contributed by atoms with Crippen molar-refractivity contribution in [2.45, 2.75) is 38.4 Å². The Labute approximate surface area is 257 Å². The van der Waals surface area contributed by atoms with E-state index >= 15 is 0 Å². The number of hydrogen-bond acceptors (Lipinski definition) is 1. The van der Waals surface area contributed by atoms with Gasteiger partial charge in [0.15, 0.2) is 0 Å². The molecule has 0 unspecified atom stereocenters. The Bertz CT molecular complexity index is 1370. The Morgan fingerprint density at radius 3 is 1.07 bits per heavy atom. The molecule has 0 aliphatic heterocycles. The molecule has 0 bridgehead atoms. The van der Waals surface area contributed by atoms with E-state index in [0.717, 1.165) is 0 Å². The molecule has 0 saturated heterocycles. The first kappa shape index (κ1) is 29.4. The number of benzene rings is 5. The summed E-state index contributed by atoms with van der Waals surface area (Å²) in [6, 6.07) is 48.1. The summed E-state index contributed by atoms with van der Waals surface area (Å²) in [4.78, 5) is 0. The smallest absolute Gasteiger partial charge is 0.329 e. The Morgan fingerprint density at radius 1 is 0.537 bits per heavy atom. The van der Waals surface area contributed by atoms with Crippen LogP contribution in [0.3, 0.4) is 0 Å². The van der Waals surface area contributed by atoms with E-state index in [-0.39, 0.29) is 11.8 Å². The van der Waals surface area contributed by atoms with Crippen LogP contribution in [0.5, 0.6) is 0 Å². The lowest BCUT2D eigenvalue weighted by atomic mass is 9.78. The fraction of sp³-hybridized carbons (Fsp3) is 0.167. The van der Waals surface area contributed by atoms with Crippen LogP contribution in [-0.4, -0.2) is 15.8 Å². The van der Waals surface area contributed by atoms with E-state index in [2.05, 4.69) is 164 Å². The van der Waals surface area contributed by atoms with Gasteiger partial charge in [0.2, 0.25) is 0 Å². The van der Waals surface area contributed by atoms with E-state index in [1.807, 2.05) is 0 Å². The van der Waals surface area contributed by atoms with E-state index in [1.54, 1.807) is 0 Å². The van der Waals surface area contributed by atoms with Crippen LogP contribution in [0.1, 0.15) is 50.8 Å². The van der Waals surface area contributed by atoms with Crippen LogP contribution < -0.4 is 4.23 Å². The normalized spacial score (nSPS) is 11.8. The summed E-state index contributed by atoms with van der Waals surface area (Å²) in [5.41, 5.74) is 9.97. The van der Waals surface area contributed by atoms with Gasteiger partial charge < -0.3 is 4.23 Å². The Hall–Kier alpha value is -3.09. The predicted octanol–water partition coefficient (Wildman–Crippen LogP) is 10.2. The highest BCUT2D eigenvalue weighted by atomic mass is 35.7. The van der Waals surface area contributed by atoms with E-state index < -0.39 is 15.8 Å². The molecule has 5 rings (SSSR count). The van der Waals surface area contributed by atoms with E-state index in [1.165, 1.54) is 44.6 Å². The maximum absolute atomic E-state index is 7.11. The first-order valence-electron chi connectivity index (χ1n) is 14.2. The molecule has 5 aromatic carbocycles. The summed E-state index contributed by atoms with van der Waals surface area (Å²) in [5, 5.41) is 0. The van der Waals surface area contributed by atoms with Crippen molar-refractivity contribution in [3.8, 4) is 0 Å². The van der Waals surface area contributed by atoms with Gasteiger partial charge >= 0.3 is 7.58 Å². The summed E-state index contributed by atoms with van der Waals surface area (Å²) in [5.74, 6) is 0.0522. The molecule has 41 heavy (non-hydrogen) atoms. The number of aryl methyl sites for hydroxylation is 1. The fourth-order valence-electron chi connectivity index (χ4n) is 5.96. The van der Waals surface area contributed by atoms with Crippen molar-refractivity contribution in [1.29, 1.82) is 0 Å². The third-order valence-corrected chi connectivity index (χ3v) is 15.2. The van der Waals surface area contributed by atoms with Crippen molar-refractivity contribution in [1.82, 2.24) is 0 Å². The molecule has 0 fully saturated rings. The van der Waals surface area contributed by atoms with Gasteiger partial charge in [-0.15, -0.1) is 22.2 Å². The summed E-state index contributed by atoms with van der Waals surface area (Å²) in [6.45, 7) is 9.27. The lowest BCUT2D eigenvalue weighted by Crippen LogP contribution is -2.52. The molecule has 5 aromatic rings. The molecular formula is C36H37Cl2NSi2. The van der Waals surface area contributed by atoms with Gasteiger partial charge in [-0.2, -0.15) is 0 Å². The maximum Gasteiger partial charge on any atom is 0.329 e. The van der Waals surface area contributed by atoms with Crippen molar-refractivity contribution in [3.05, 3.63) is 172 Å². The molecule has 0 aromatic heterocycles. The van der Waals surface area contributed by atoms with Crippen molar-refractivity contribution in [2.75, 3.05) is 4.23 Å². The van der Waals surface area contributed by atoms with Gasteiger partial charge in [0, 0.05) is 17.5 Å². The predicted molar refractivity (Wildman–Crippen MR) is 184 cm³/mol. The molecule has 5 heteroatoms. The Kier molecular flexibility index (Phi) is 9.20. The lowest BCUT2D eigenvalue weighted by Gasteiger charge is -2.42. The minimum atomic E-state index is -2.33. The number of nitrogens with zero attached hydrogens (tertiary/aromatic N) is 1. The highest BCUT2D eigenvalue weighted by Gasteiger charge is 2.37. The highest BCUT2D eigenvalue weighted by Crippen LogP contribution is 2.47. The maximum atomic E-state index is 7.11. The second kappa shape index (κ2) is 12.8. The standard InChI is InChI=1S/C36H37Cl2NSi2/c1-27-25-32(34(28-17-9-5-10-18-28)29-19-11-6-12-20-29)36(39(40(37)38)41(2,3)4)33(26-27)35(30-21-13-7-14-22-30)31-23-15-8-16-24-31/h5-26,34-35,40H,1-4H3. The number of rotatable bonds is 9. The molecule has 0 amide bonds. The molecular weight excluding hydrogens is 573 g/mol. The summed E-state index contributed by atoms with van der Waals surface area (Å²) in [6.07, 6.45) is 0. The van der Waals surface area contributed by atoms with Crippen LogP contribution in [0, 0.1) is 6.92 Å². The van der Waals surface area contributed by atoms with Gasteiger partial charge in [-0.3, -0.25) is 0 Å². The molecule has 0 N–H and O–H groups in total. The number of anilines is 1. The molecule has 0 heterocycles. The Balaban J connectivity index is 1.92. The van der Waals surface area contributed by atoms with Crippen LogP contribution in [0.15, 0.2) is 133 Å². The van der Waals surface area contributed by atoms with Gasteiger partial charge in [0.25, 0.3) is 0 Å². The van der Waals surface area contributed by atoms with Crippen LogP contribution in [0.25, 0.3) is 0 Å². The quantitative estimate of drug-likeness (QED) is 0.0912. The molecule has 0 aliphatic carbocycles. The van der Waals surface area contributed by atoms with Gasteiger partial charge in [-0.25, -0.2) is 0 Å². The SMILES string of the molecule is Cc1cc(C(c2ccccc2)c2ccccc2)c(N([SiH](Cl)Cl)[Si](C)(C)C)c(C(c2ccccc2)c2ccccc2)c1. The number of hydrogen-bond donors (Lipinski definition) is 0. The van der Waals surface area contributed by atoms with E-state index in [0.29, 0.717) is 0 Å². The van der Waals surface area contributed by atoms with Crippen molar-refractivity contribution < 1.29 is 0 Å². The first-order chi connectivity index (χ1) is 19.8. The van der Waals surface area contributed by atoms with Crippen LogP contribution in [0.2, 0.25) is 19.6 Å². The van der Waals surface area contributed by atoms with Crippen LogP contribution >= 0.6 is 22.2 Å². The average Bonchev–Trinajstić information content (AvgIpc) is 2.96. The zero-order valence-corrected chi connectivity index (χ0v) is 27.8. The molecule has 0 saturated carbocycles. The van der Waals surface area contributed by atoms with Crippen molar-refractivity contribution >= 4 is 43.7 Å². The van der Waals surface area contributed by atoms with Crippen molar-refractivity contribution in [3.63, 3.8) is 0 Å². The average molecular weight is 611 g/mol. The number of halogens is 2. The summed E-state index contributed by atoms with van der Waals surface area (Å²) in [7, 11) is -4.36. The van der Waals surface area contributed by atoms with Gasteiger partial charge in [0.1, 0.15) is 8.24 Å². The second-order valence-corrected chi connectivity index (χ2v) is 21.2. The van der Waals surface area contributed by atoms with Crippen LogP contribution in [0.4, 0.5) is 5.69 Å². The lowest BCUT2D eigenvalue weighted by molar-refractivity contribution is 0.934. The molecule has 0 aliphatic rings. The molecule has 0 radical (unpaired) electrons. The fourth-order valence-corrected chi connectivity index (χ4v) is 15.6. The minimum Gasteiger partial charge on any atom is -0.403 e. The Morgan fingerprint density at radius 2 is 0.829 bits per heavy atom. The first-order valence-corrected chi connectivity index (χ1v) is 21.6. The van der Waals surface area contributed by atoms with Gasteiger partial charge in [-0.1, -0.05) is 159 Å². The van der Waals surface area contributed by atoms with Crippen LogP contribution in [-0.2, 0) is 0 Å². The zero-order chi connectivity index (χ0) is 29.0. The third kappa shape index (κ3) is 6.55. The zero-order valence-electron chi connectivity index (χ0n) is 24.1. The van der Waals surface area contributed by atoms with E-state index in [9.17, 15) is 0 Å². The van der Waals surface area contributed by atoms with Crippen molar-refractivity contribution in [2.24, 2.45) is 0 Å². The summed E-state index contributed by atoms with van der Waals surface area (Å²) < 4.78 is 2.47. The molecule has 208 valence electrons. The summed E-state index contributed by atoms with van der Waals surface area (Å²) >= 11 is 14.2. The largest absolute Gasteiger partial charge is 0.403 e. The second-order valence-electron chi connectivity index (χ2n) is 11.6. The molecule has 0 atom stereocenters. The van der Waals surface area contributed by atoms with E-state index in [4.69, 9.17) is 22.2 Å².